The first-order valence-corrected chi connectivity index (χ1v) is 6.69. The summed E-state index contributed by atoms with van der Waals surface area (Å²) in [5, 5.41) is 15.0. The van der Waals surface area contributed by atoms with Crippen molar-refractivity contribution in [2.24, 2.45) is 0 Å². The Morgan fingerprint density at radius 1 is 1.15 bits per heavy atom. The molecule has 0 aliphatic heterocycles. The van der Waals surface area contributed by atoms with Gasteiger partial charge in [-0.3, -0.25) is 10.1 Å². The van der Waals surface area contributed by atoms with Gasteiger partial charge in [-0.25, -0.2) is 0 Å². The number of nitro benzene ring substituents is 1. The van der Waals surface area contributed by atoms with Gasteiger partial charge in [-0.2, -0.15) is 0 Å². The molecule has 1 unspecified atom stereocenters. The van der Waals surface area contributed by atoms with Crippen LogP contribution in [0.5, 0.6) is 0 Å². The van der Waals surface area contributed by atoms with Gasteiger partial charge in [0, 0.05) is 12.1 Å². The Bertz CT molecular complexity index is 647. The standard InChI is InChI=1S/C14H12Cl2N2O2/c1-9(10-6-7-11(15)12(16)8-10)17-13-4-2-3-5-14(13)18(19)20/h2-9,17H,1H3. The fraction of sp³-hybridized carbons (Fsp3) is 0.143. The summed E-state index contributed by atoms with van der Waals surface area (Å²) < 4.78 is 0. The number of halogens is 2. The minimum atomic E-state index is -0.413. The number of nitro groups is 1. The summed E-state index contributed by atoms with van der Waals surface area (Å²) in [6.07, 6.45) is 0. The molecule has 1 atom stereocenters. The molecule has 2 aromatic carbocycles. The first kappa shape index (κ1) is 14.6. The number of nitrogens with one attached hydrogen (secondary N) is 1. The van der Waals surface area contributed by atoms with Crippen molar-refractivity contribution in [2.75, 3.05) is 5.32 Å². The molecule has 4 nitrogen and oxygen atoms in total. The van der Waals surface area contributed by atoms with E-state index in [4.69, 9.17) is 23.2 Å². The molecule has 1 N–H and O–H groups in total. The highest BCUT2D eigenvalue weighted by atomic mass is 35.5. The topological polar surface area (TPSA) is 55.2 Å². The molecule has 0 fully saturated rings. The van der Waals surface area contributed by atoms with E-state index in [-0.39, 0.29) is 11.7 Å². The van der Waals surface area contributed by atoms with Crippen LogP contribution in [0.1, 0.15) is 18.5 Å². The lowest BCUT2D eigenvalue weighted by molar-refractivity contribution is -0.384. The molecule has 0 bridgehead atoms. The van der Waals surface area contributed by atoms with Crippen LogP contribution in [-0.2, 0) is 0 Å². The molecule has 104 valence electrons. The zero-order valence-electron chi connectivity index (χ0n) is 10.6. The first-order chi connectivity index (χ1) is 9.49. The Kier molecular flexibility index (Phi) is 4.47. The second kappa shape index (κ2) is 6.11. The molecule has 0 aliphatic carbocycles. The maximum absolute atomic E-state index is 11.0. The van der Waals surface area contributed by atoms with E-state index < -0.39 is 4.92 Å². The van der Waals surface area contributed by atoms with Crippen LogP contribution in [0.2, 0.25) is 10.0 Å². The minimum absolute atomic E-state index is 0.0411. The van der Waals surface area contributed by atoms with Gasteiger partial charge in [0.2, 0.25) is 0 Å². The van der Waals surface area contributed by atoms with E-state index in [1.165, 1.54) is 6.07 Å². The molecular formula is C14H12Cl2N2O2. The number of hydrogen-bond acceptors (Lipinski definition) is 3. The van der Waals surface area contributed by atoms with Crippen molar-refractivity contribution in [1.29, 1.82) is 0 Å². The highest BCUT2D eigenvalue weighted by Crippen LogP contribution is 2.30. The van der Waals surface area contributed by atoms with Crippen molar-refractivity contribution >= 4 is 34.6 Å². The third-order valence-corrected chi connectivity index (χ3v) is 3.66. The Morgan fingerprint density at radius 3 is 2.50 bits per heavy atom. The molecular weight excluding hydrogens is 299 g/mol. The van der Waals surface area contributed by atoms with Crippen molar-refractivity contribution in [2.45, 2.75) is 13.0 Å². The van der Waals surface area contributed by atoms with Gasteiger partial charge in [0.25, 0.3) is 5.69 Å². The van der Waals surface area contributed by atoms with E-state index in [9.17, 15) is 10.1 Å². The van der Waals surface area contributed by atoms with Gasteiger partial charge in [0.15, 0.2) is 0 Å². The van der Waals surface area contributed by atoms with Crippen LogP contribution in [-0.4, -0.2) is 4.92 Å². The summed E-state index contributed by atoms with van der Waals surface area (Å²) >= 11 is 11.8. The van der Waals surface area contributed by atoms with Crippen molar-refractivity contribution in [3.8, 4) is 0 Å². The molecule has 0 heterocycles. The quantitative estimate of drug-likeness (QED) is 0.633. The predicted molar refractivity (Wildman–Crippen MR) is 81.6 cm³/mol. The predicted octanol–water partition coefficient (Wildman–Crippen LogP) is 5.07. The molecule has 2 aromatic rings. The van der Waals surface area contributed by atoms with Crippen LogP contribution in [0.3, 0.4) is 0 Å². The average Bonchev–Trinajstić information content (AvgIpc) is 2.42. The monoisotopic (exact) mass is 310 g/mol. The Balaban J connectivity index is 2.25. The normalized spacial score (nSPS) is 11.9. The second-order valence-corrected chi connectivity index (χ2v) is 5.13. The lowest BCUT2D eigenvalue weighted by Gasteiger charge is -2.16. The Labute approximate surface area is 126 Å². The van der Waals surface area contributed by atoms with Gasteiger partial charge in [-0.15, -0.1) is 0 Å². The third-order valence-electron chi connectivity index (χ3n) is 2.92. The third kappa shape index (κ3) is 3.21. The van der Waals surface area contributed by atoms with Gasteiger partial charge < -0.3 is 5.32 Å². The molecule has 6 heteroatoms. The summed E-state index contributed by atoms with van der Waals surface area (Å²) in [6, 6.07) is 11.7. The van der Waals surface area contributed by atoms with E-state index in [1.807, 2.05) is 13.0 Å². The molecule has 0 radical (unpaired) electrons. The van der Waals surface area contributed by atoms with Gasteiger partial charge in [-0.05, 0) is 30.7 Å². The fourth-order valence-corrected chi connectivity index (χ4v) is 2.16. The van der Waals surface area contributed by atoms with Crippen LogP contribution in [0.4, 0.5) is 11.4 Å². The molecule has 0 aromatic heterocycles. The summed E-state index contributed by atoms with van der Waals surface area (Å²) in [4.78, 5) is 10.6. The van der Waals surface area contributed by atoms with E-state index in [2.05, 4.69) is 5.32 Å². The van der Waals surface area contributed by atoms with Crippen LogP contribution in [0.25, 0.3) is 0 Å². The average molecular weight is 311 g/mol. The zero-order chi connectivity index (χ0) is 14.7. The molecule has 0 amide bonds. The number of hydrogen-bond donors (Lipinski definition) is 1. The number of anilines is 1. The van der Waals surface area contributed by atoms with Gasteiger partial charge in [0.05, 0.1) is 15.0 Å². The molecule has 0 spiro atoms. The molecule has 0 saturated carbocycles. The first-order valence-electron chi connectivity index (χ1n) is 5.94. The minimum Gasteiger partial charge on any atom is -0.373 e. The molecule has 0 aliphatic rings. The van der Waals surface area contributed by atoms with E-state index in [0.717, 1.165) is 5.56 Å². The number of rotatable bonds is 4. The van der Waals surface area contributed by atoms with Gasteiger partial charge >= 0.3 is 0 Å². The maximum Gasteiger partial charge on any atom is 0.292 e. The highest BCUT2D eigenvalue weighted by Gasteiger charge is 2.15. The van der Waals surface area contributed by atoms with Crippen molar-refractivity contribution in [1.82, 2.24) is 0 Å². The van der Waals surface area contributed by atoms with Crippen LogP contribution in [0, 0.1) is 10.1 Å². The zero-order valence-corrected chi connectivity index (χ0v) is 12.2. The van der Waals surface area contributed by atoms with E-state index in [1.54, 1.807) is 30.3 Å². The SMILES string of the molecule is CC(Nc1ccccc1[N+](=O)[O-])c1ccc(Cl)c(Cl)c1. The second-order valence-electron chi connectivity index (χ2n) is 4.31. The summed E-state index contributed by atoms with van der Waals surface area (Å²) in [7, 11) is 0. The summed E-state index contributed by atoms with van der Waals surface area (Å²) in [5.41, 5.74) is 1.41. The highest BCUT2D eigenvalue weighted by molar-refractivity contribution is 6.42. The maximum atomic E-state index is 11.0. The van der Waals surface area contributed by atoms with Gasteiger partial charge in [0.1, 0.15) is 5.69 Å². The van der Waals surface area contributed by atoms with Gasteiger partial charge in [-0.1, -0.05) is 41.4 Å². The van der Waals surface area contributed by atoms with Crippen molar-refractivity contribution in [3.63, 3.8) is 0 Å². The van der Waals surface area contributed by atoms with Crippen molar-refractivity contribution < 1.29 is 4.92 Å². The molecule has 20 heavy (non-hydrogen) atoms. The van der Waals surface area contributed by atoms with Crippen molar-refractivity contribution in [3.05, 3.63) is 68.2 Å². The Morgan fingerprint density at radius 2 is 1.85 bits per heavy atom. The van der Waals surface area contributed by atoms with E-state index in [0.29, 0.717) is 15.7 Å². The smallest absolute Gasteiger partial charge is 0.292 e. The lowest BCUT2D eigenvalue weighted by Crippen LogP contribution is -2.08. The Hall–Kier alpha value is -1.78. The largest absolute Gasteiger partial charge is 0.373 e. The number of benzene rings is 2. The molecule has 0 saturated heterocycles. The van der Waals surface area contributed by atoms with Crippen LogP contribution < -0.4 is 5.32 Å². The molecule has 2 rings (SSSR count). The number of nitrogens with zero attached hydrogens (tertiary/aromatic N) is 1. The van der Waals surface area contributed by atoms with E-state index >= 15 is 0 Å². The fourth-order valence-electron chi connectivity index (χ4n) is 1.85. The van der Waals surface area contributed by atoms with Crippen LogP contribution >= 0.6 is 23.2 Å². The lowest BCUT2D eigenvalue weighted by atomic mass is 10.1. The summed E-state index contributed by atoms with van der Waals surface area (Å²) in [5.74, 6) is 0. The summed E-state index contributed by atoms with van der Waals surface area (Å²) in [6.45, 7) is 1.90. The number of para-hydroxylation sites is 2. The van der Waals surface area contributed by atoms with Crippen LogP contribution in [0.15, 0.2) is 42.5 Å².